The molecular weight excluding hydrogens is 296 g/mol. The topological polar surface area (TPSA) is 61.8 Å². The highest BCUT2D eigenvalue weighted by Crippen LogP contribution is 2.32. The average Bonchev–Trinajstić information content (AvgIpc) is 2.55. The third-order valence-corrected chi connectivity index (χ3v) is 3.38. The molecule has 5 nitrogen and oxygen atoms in total. The van der Waals surface area contributed by atoms with E-state index in [2.05, 4.69) is 5.92 Å². The van der Waals surface area contributed by atoms with Gasteiger partial charge in [-0.15, -0.1) is 12.3 Å². The van der Waals surface area contributed by atoms with E-state index in [1.54, 1.807) is 45.2 Å². The Kier molecular flexibility index (Phi) is 7.14. The third kappa shape index (κ3) is 4.49. The summed E-state index contributed by atoms with van der Waals surface area (Å²) in [6, 6.07) is 7.11. The fraction of sp³-hybridized carbons (Fsp3) is 0.444. The molecule has 124 valence electrons. The molecule has 0 saturated heterocycles. The van der Waals surface area contributed by atoms with Gasteiger partial charge in [-0.2, -0.15) is 0 Å². The molecule has 0 aliphatic rings. The molecule has 0 aliphatic heterocycles. The van der Waals surface area contributed by atoms with Gasteiger partial charge in [0.2, 0.25) is 0 Å². The summed E-state index contributed by atoms with van der Waals surface area (Å²) >= 11 is 0. The molecule has 5 heteroatoms. The lowest BCUT2D eigenvalue weighted by Gasteiger charge is -2.27. The number of ether oxygens (including phenoxy) is 3. The van der Waals surface area contributed by atoms with Gasteiger partial charge in [0, 0.05) is 12.8 Å². The van der Waals surface area contributed by atoms with E-state index in [-0.39, 0.29) is 26.1 Å². The Morgan fingerprint density at radius 1 is 1.17 bits per heavy atom. The molecule has 23 heavy (non-hydrogen) atoms. The van der Waals surface area contributed by atoms with Crippen LogP contribution in [0.1, 0.15) is 25.8 Å². The zero-order chi connectivity index (χ0) is 17.3. The molecule has 0 aromatic heterocycles. The molecule has 0 bridgehead atoms. The van der Waals surface area contributed by atoms with Gasteiger partial charge in [0.1, 0.15) is 5.75 Å². The number of carbonyl (C=O) groups excluding carboxylic acids is 2. The predicted octanol–water partition coefficient (Wildman–Crippen LogP) is 2.37. The number of benzene rings is 1. The van der Waals surface area contributed by atoms with Crippen LogP contribution in [0, 0.1) is 17.8 Å². The van der Waals surface area contributed by atoms with E-state index in [1.165, 1.54) is 0 Å². The normalized spacial score (nSPS) is 10.5. The first-order valence-corrected chi connectivity index (χ1v) is 7.44. The van der Waals surface area contributed by atoms with Crippen molar-refractivity contribution >= 4 is 11.9 Å². The number of esters is 2. The van der Waals surface area contributed by atoms with Gasteiger partial charge >= 0.3 is 11.9 Å². The van der Waals surface area contributed by atoms with E-state index in [1.807, 2.05) is 0 Å². The van der Waals surface area contributed by atoms with Crippen molar-refractivity contribution < 1.29 is 23.8 Å². The Morgan fingerprint density at radius 3 is 2.26 bits per heavy atom. The minimum atomic E-state index is -1.55. The van der Waals surface area contributed by atoms with E-state index in [0.29, 0.717) is 5.75 Å². The van der Waals surface area contributed by atoms with E-state index < -0.39 is 17.4 Å². The predicted molar refractivity (Wildman–Crippen MR) is 85.8 cm³/mol. The van der Waals surface area contributed by atoms with Gasteiger partial charge in [-0.05, 0) is 31.5 Å². The van der Waals surface area contributed by atoms with Crippen molar-refractivity contribution in [2.75, 3.05) is 20.3 Å². The van der Waals surface area contributed by atoms with Crippen LogP contribution in [-0.2, 0) is 25.5 Å². The number of methoxy groups -OCH3 is 1. The van der Waals surface area contributed by atoms with Gasteiger partial charge in [0.05, 0.1) is 20.3 Å². The molecule has 1 aromatic carbocycles. The number of hydrogen-bond donors (Lipinski definition) is 0. The lowest BCUT2D eigenvalue weighted by Crippen LogP contribution is -2.43. The second-order valence-electron chi connectivity index (χ2n) is 4.93. The first kappa shape index (κ1) is 18.6. The highest BCUT2D eigenvalue weighted by atomic mass is 16.6. The summed E-state index contributed by atoms with van der Waals surface area (Å²) < 4.78 is 15.4. The molecule has 0 saturated carbocycles. The second kappa shape index (κ2) is 8.84. The van der Waals surface area contributed by atoms with Crippen molar-refractivity contribution in [3.8, 4) is 18.1 Å². The van der Waals surface area contributed by atoms with Crippen molar-refractivity contribution in [3.63, 3.8) is 0 Å². The van der Waals surface area contributed by atoms with E-state index in [4.69, 9.17) is 20.6 Å². The molecule has 0 N–H and O–H groups in total. The van der Waals surface area contributed by atoms with Crippen LogP contribution in [0.25, 0.3) is 0 Å². The average molecular weight is 318 g/mol. The highest BCUT2D eigenvalue weighted by molar-refractivity contribution is 6.00. The van der Waals surface area contributed by atoms with E-state index in [9.17, 15) is 9.59 Å². The summed E-state index contributed by atoms with van der Waals surface area (Å²) in [5.41, 5.74) is -0.812. The van der Waals surface area contributed by atoms with Gasteiger partial charge in [-0.25, -0.2) is 0 Å². The molecule has 0 amide bonds. The number of carbonyl (C=O) groups is 2. The quantitative estimate of drug-likeness (QED) is 0.418. The molecule has 1 aromatic rings. The van der Waals surface area contributed by atoms with Crippen molar-refractivity contribution in [2.45, 2.75) is 26.7 Å². The maximum atomic E-state index is 12.5. The summed E-state index contributed by atoms with van der Waals surface area (Å²) in [6.07, 6.45) is 5.40. The van der Waals surface area contributed by atoms with Crippen LogP contribution < -0.4 is 4.74 Å². The van der Waals surface area contributed by atoms with Crippen LogP contribution in [0.2, 0.25) is 0 Å². The van der Waals surface area contributed by atoms with Crippen LogP contribution in [0.4, 0.5) is 0 Å². The molecule has 1 rings (SSSR count). The largest absolute Gasteiger partial charge is 0.497 e. The Morgan fingerprint density at radius 2 is 1.78 bits per heavy atom. The number of rotatable bonds is 8. The Labute approximate surface area is 136 Å². The summed E-state index contributed by atoms with van der Waals surface area (Å²) in [5.74, 6) is 1.70. The second-order valence-corrected chi connectivity index (χ2v) is 4.93. The number of terminal acetylenes is 1. The van der Waals surface area contributed by atoms with Crippen LogP contribution in [0.15, 0.2) is 24.3 Å². The first-order valence-electron chi connectivity index (χ1n) is 7.44. The first-order chi connectivity index (χ1) is 11.0. The van der Waals surface area contributed by atoms with Crippen molar-refractivity contribution in [2.24, 2.45) is 5.41 Å². The zero-order valence-electron chi connectivity index (χ0n) is 13.8. The smallest absolute Gasteiger partial charge is 0.324 e. The summed E-state index contributed by atoms with van der Waals surface area (Å²) in [6.45, 7) is 3.66. The van der Waals surface area contributed by atoms with Crippen LogP contribution >= 0.6 is 0 Å². The lowest BCUT2D eigenvalue weighted by atomic mass is 9.78. The van der Waals surface area contributed by atoms with Gasteiger partial charge in [-0.3, -0.25) is 9.59 Å². The lowest BCUT2D eigenvalue weighted by molar-refractivity contribution is -0.171. The molecule has 0 radical (unpaired) electrons. The molecule has 0 atom stereocenters. The fourth-order valence-electron chi connectivity index (χ4n) is 2.28. The molecule has 0 heterocycles. The van der Waals surface area contributed by atoms with Crippen LogP contribution in [0.3, 0.4) is 0 Å². The fourth-order valence-corrected chi connectivity index (χ4v) is 2.28. The summed E-state index contributed by atoms with van der Waals surface area (Å²) in [7, 11) is 1.55. The molecule has 0 spiro atoms. The van der Waals surface area contributed by atoms with Gasteiger partial charge in [0.15, 0.2) is 5.41 Å². The number of hydrogen-bond acceptors (Lipinski definition) is 5. The molecule has 0 unspecified atom stereocenters. The maximum absolute atomic E-state index is 12.5. The molecular formula is C18H22O5. The van der Waals surface area contributed by atoms with E-state index >= 15 is 0 Å². The molecule has 0 fully saturated rings. The zero-order valence-corrected chi connectivity index (χ0v) is 13.8. The third-order valence-electron chi connectivity index (χ3n) is 3.38. The molecule has 0 aliphatic carbocycles. The maximum Gasteiger partial charge on any atom is 0.324 e. The van der Waals surface area contributed by atoms with Crippen molar-refractivity contribution in [1.82, 2.24) is 0 Å². The van der Waals surface area contributed by atoms with E-state index in [0.717, 1.165) is 5.56 Å². The summed E-state index contributed by atoms with van der Waals surface area (Å²) in [5, 5.41) is 0. The highest BCUT2D eigenvalue weighted by Gasteiger charge is 2.48. The van der Waals surface area contributed by atoms with Crippen LogP contribution in [-0.4, -0.2) is 32.3 Å². The Balaban J connectivity index is 3.26. The standard InChI is InChI=1S/C18H22O5/c1-5-11-18(16(19)22-6-2,17(20)23-7-3)13-14-9-8-10-15(12-14)21-4/h1,8-10,12H,6-7,11,13H2,2-4H3. The van der Waals surface area contributed by atoms with Crippen LogP contribution in [0.5, 0.6) is 5.75 Å². The van der Waals surface area contributed by atoms with Gasteiger partial charge < -0.3 is 14.2 Å². The Hall–Kier alpha value is -2.48. The van der Waals surface area contributed by atoms with Gasteiger partial charge in [0.25, 0.3) is 0 Å². The summed E-state index contributed by atoms with van der Waals surface area (Å²) in [4.78, 5) is 25.0. The Bertz CT molecular complexity index is 567. The minimum Gasteiger partial charge on any atom is -0.497 e. The van der Waals surface area contributed by atoms with Crippen molar-refractivity contribution in [1.29, 1.82) is 0 Å². The van der Waals surface area contributed by atoms with Crippen molar-refractivity contribution in [3.05, 3.63) is 29.8 Å². The SMILES string of the molecule is C#CCC(Cc1cccc(OC)c1)(C(=O)OCC)C(=O)OCC. The van der Waals surface area contributed by atoms with Gasteiger partial charge in [-0.1, -0.05) is 12.1 Å². The monoisotopic (exact) mass is 318 g/mol. The minimum absolute atomic E-state index is 0.0894.